The van der Waals surface area contributed by atoms with E-state index in [-0.39, 0.29) is 35.8 Å². The van der Waals surface area contributed by atoms with Gasteiger partial charge in [0.25, 0.3) is 0 Å². The van der Waals surface area contributed by atoms with Gasteiger partial charge in [-0.15, -0.1) is 0 Å². The Hall–Kier alpha value is -4.20. The van der Waals surface area contributed by atoms with E-state index in [1.165, 1.54) is 0 Å². The van der Waals surface area contributed by atoms with E-state index in [0.717, 1.165) is 11.1 Å². The molecule has 244 valence electrons. The number of nitrogens with zero attached hydrogens (tertiary/aromatic N) is 2. The van der Waals surface area contributed by atoms with Crippen LogP contribution in [0.2, 0.25) is 0 Å². The number of carboxylic acids is 1. The molecule has 2 aromatic carbocycles. The summed E-state index contributed by atoms with van der Waals surface area (Å²) in [5.74, 6) is -1.81. The quantitative estimate of drug-likeness (QED) is 0.290. The lowest BCUT2D eigenvalue weighted by Gasteiger charge is -2.35. The Morgan fingerprint density at radius 1 is 0.739 bits per heavy atom. The first-order valence-corrected chi connectivity index (χ1v) is 16.3. The average molecular weight is 627 g/mol. The molecule has 0 spiro atoms. The third-order valence-electron chi connectivity index (χ3n) is 10.2. The van der Waals surface area contributed by atoms with Crippen molar-refractivity contribution >= 4 is 23.8 Å². The fraction of sp³-hybridized carbons (Fsp3) is 0.474. The number of carboxylic acid groups (broad SMARTS) is 1. The second kappa shape index (κ2) is 12.9. The summed E-state index contributed by atoms with van der Waals surface area (Å²) in [6.07, 6.45) is 10.0. The van der Waals surface area contributed by atoms with E-state index in [1.54, 1.807) is 4.90 Å². The Bertz CT molecular complexity index is 1510. The zero-order valence-corrected chi connectivity index (χ0v) is 27.5. The molecule has 0 aromatic heterocycles. The average Bonchev–Trinajstić information content (AvgIpc) is 3.54. The number of hydrogen-bond donors (Lipinski definition) is 1. The summed E-state index contributed by atoms with van der Waals surface area (Å²) in [4.78, 5) is 54.2. The highest BCUT2D eigenvalue weighted by molar-refractivity contribution is 5.93. The molecule has 0 unspecified atom stereocenters. The summed E-state index contributed by atoms with van der Waals surface area (Å²) in [6, 6.07) is 19.6. The van der Waals surface area contributed by atoms with Crippen LogP contribution in [0.3, 0.4) is 0 Å². The SMILES string of the molecule is C[C@H](c1ccccc1)N1C[C@]2(C(=O)O)CC=CC[C@H]2C1=O.C[C@H](c1ccccc1)N1C[C@]2(C(=O)OC(C)(C)C)CC=CC[C@H]2C1=O. The Kier molecular flexibility index (Phi) is 9.30. The van der Waals surface area contributed by atoms with Crippen LogP contribution in [0.5, 0.6) is 0 Å². The van der Waals surface area contributed by atoms with Gasteiger partial charge in [0.15, 0.2) is 0 Å². The highest BCUT2D eigenvalue weighted by atomic mass is 16.6. The monoisotopic (exact) mass is 626 g/mol. The van der Waals surface area contributed by atoms with Crippen LogP contribution in [0.4, 0.5) is 0 Å². The summed E-state index contributed by atoms with van der Waals surface area (Å²) in [6.45, 7) is 10.3. The van der Waals surface area contributed by atoms with E-state index in [2.05, 4.69) is 0 Å². The molecule has 8 heteroatoms. The number of aliphatic carboxylic acids is 1. The first kappa shape index (κ1) is 33.2. The molecule has 0 radical (unpaired) electrons. The molecule has 6 atom stereocenters. The lowest BCUT2D eigenvalue weighted by Crippen LogP contribution is -2.44. The number of carbonyl (C=O) groups is 4. The maximum Gasteiger partial charge on any atom is 0.315 e. The van der Waals surface area contributed by atoms with Gasteiger partial charge in [-0.25, -0.2) is 0 Å². The van der Waals surface area contributed by atoms with Crippen molar-refractivity contribution in [3.05, 3.63) is 96.1 Å². The van der Waals surface area contributed by atoms with Gasteiger partial charge < -0.3 is 19.6 Å². The molecule has 2 saturated heterocycles. The maximum absolute atomic E-state index is 13.1. The number of likely N-dealkylation sites (tertiary alicyclic amines) is 2. The largest absolute Gasteiger partial charge is 0.481 e. The van der Waals surface area contributed by atoms with Crippen LogP contribution >= 0.6 is 0 Å². The second-order valence-corrected chi connectivity index (χ2v) is 14.2. The van der Waals surface area contributed by atoms with E-state index in [0.29, 0.717) is 38.8 Å². The number of hydrogen-bond acceptors (Lipinski definition) is 5. The number of rotatable bonds is 6. The van der Waals surface area contributed by atoms with Crippen molar-refractivity contribution in [3.8, 4) is 0 Å². The fourth-order valence-corrected chi connectivity index (χ4v) is 7.43. The van der Waals surface area contributed by atoms with Gasteiger partial charge in [-0.05, 0) is 71.4 Å². The summed E-state index contributed by atoms with van der Waals surface area (Å²) >= 11 is 0. The zero-order valence-electron chi connectivity index (χ0n) is 27.5. The first-order chi connectivity index (χ1) is 21.8. The van der Waals surface area contributed by atoms with E-state index >= 15 is 0 Å². The molecule has 1 N–H and O–H groups in total. The minimum absolute atomic E-state index is 0.0295. The Balaban J connectivity index is 0.000000184. The number of benzene rings is 2. The highest BCUT2D eigenvalue weighted by Gasteiger charge is 2.59. The lowest BCUT2D eigenvalue weighted by atomic mass is 9.70. The molecule has 0 saturated carbocycles. The molecular formula is C38H46N2O6. The fourth-order valence-electron chi connectivity index (χ4n) is 7.43. The molecule has 2 heterocycles. The van der Waals surface area contributed by atoms with Crippen LogP contribution in [-0.4, -0.2) is 57.3 Å². The van der Waals surface area contributed by atoms with Crippen LogP contribution in [0.1, 0.15) is 83.5 Å². The van der Waals surface area contributed by atoms with Crippen molar-refractivity contribution in [2.24, 2.45) is 22.7 Å². The zero-order chi connectivity index (χ0) is 33.3. The van der Waals surface area contributed by atoms with Crippen molar-refractivity contribution in [3.63, 3.8) is 0 Å². The molecule has 8 nitrogen and oxygen atoms in total. The molecule has 2 fully saturated rings. The van der Waals surface area contributed by atoms with E-state index in [4.69, 9.17) is 4.74 Å². The first-order valence-electron chi connectivity index (χ1n) is 16.3. The van der Waals surface area contributed by atoms with Crippen LogP contribution in [0, 0.1) is 22.7 Å². The Morgan fingerprint density at radius 2 is 1.15 bits per heavy atom. The lowest BCUT2D eigenvalue weighted by molar-refractivity contribution is -0.170. The van der Waals surface area contributed by atoms with E-state index in [9.17, 15) is 24.3 Å². The number of carbonyl (C=O) groups excluding carboxylic acids is 3. The predicted octanol–water partition coefficient (Wildman–Crippen LogP) is 6.51. The van der Waals surface area contributed by atoms with Crippen LogP contribution in [0.15, 0.2) is 85.0 Å². The summed E-state index contributed by atoms with van der Waals surface area (Å²) in [5.41, 5.74) is -0.143. The number of allylic oxidation sites excluding steroid dienone is 4. The van der Waals surface area contributed by atoms with Gasteiger partial charge in [-0.2, -0.15) is 0 Å². The molecular weight excluding hydrogens is 580 g/mol. The highest BCUT2D eigenvalue weighted by Crippen LogP contribution is 2.49. The molecule has 2 aliphatic carbocycles. The second-order valence-electron chi connectivity index (χ2n) is 14.2. The molecule has 2 amide bonds. The van der Waals surface area contributed by atoms with E-state index in [1.807, 2.05) is 124 Å². The predicted molar refractivity (Wildman–Crippen MR) is 175 cm³/mol. The van der Waals surface area contributed by atoms with Crippen molar-refractivity contribution in [2.45, 2.75) is 78.0 Å². The third kappa shape index (κ3) is 6.14. The van der Waals surface area contributed by atoms with Gasteiger partial charge >= 0.3 is 11.9 Å². The molecule has 0 bridgehead atoms. The van der Waals surface area contributed by atoms with Gasteiger partial charge in [0.2, 0.25) is 11.8 Å². The number of fused-ring (bicyclic) bond motifs is 2. The van der Waals surface area contributed by atoms with Gasteiger partial charge in [0, 0.05) is 13.1 Å². The molecule has 6 rings (SSSR count). The summed E-state index contributed by atoms with van der Waals surface area (Å²) < 4.78 is 5.71. The van der Waals surface area contributed by atoms with Gasteiger partial charge in [0.1, 0.15) is 16.4 Å². The van der Waals surface area contributed by atoms with Crippen molar-refractivity contribution in [1.29, 1.82) is 0 Å². The number of ether oxygens (including phenoxy) is 1. The van der Waals surface area contributed by atoms with E-state index < -0.39 is 28.3 Å². The van der Waals surface area contributed by atoms with Crippen LogP contribution in [0.25, 0.3) is 0 Å². The number of esters is 1. The third-order valence-corrected chi connectivity index (χ3v) is 10.2. The normalized spacial score (nSPS) is 28.1. The maximum atomic E-state index is 13.1. The molecule has 46 heavy (non-hydrogen) atoms. The molecule has 2 aliphatic heterocycles. The van der Waals surface area contributed by atoms with Gasteiger partial charge in [-0.1, -0.05) is 85.0 Å². The van der Waals surface area contributed by atoms with Crippen LogP contribution < -0.4 is 0 Å². The van der Waals surface area contributed by atoms with Crippen LogP contribution in [-0.2, 0) is 23.9 Å². The van der Waals surface area contributed by atoms with Gasteiger partial charge in [0.05, 0.1) is 23.9 Å². The minimum Gasteiger partial charge on any atom is -0.481 e. The van der Waals surface area contributed by atoms with Gasteiger partial charge in [-0.3, -0.25) is 19.2 Å². The summed E-state index contributed by atoms with van der Waals surface area (Å²) in [7, 11) is 0. The topological polar surface area (TPSA) is 104 Å². The van der Waals surface area contributed by atoms with Crippen molar-refractivity contribution in [2.75, 3.05) is 13.1 Å². The number of amides is 2. The molecule has 2 aromatic rings. The van der Waals surface area contributed by atoms with Crippen molar-refractivity contribution < 1.29 is 29.0 Å². The smallest absolute Gasteiger partial charge is 0.315 e. The van der Waals surface area contributed by atoms with Crippen molar-refractivity contribution in [1.82, 2.24) is 9.80 Å². The Labute approximate surface area is 272 Å². The summed E-state index contributed by atoms with van der Waals surface area (Å²) in [5, 5.41) is 9.67. The minimum atomic E-state index is -0.950. The Morgan fingerprint density at radius 3 is 1.57 bits per heavy atom. The standard InChI is InChI=1S/C21H27NO3.C17H19NO3/c1-15(16-10-6-5-7-11-16)22-14-21(19(24)25-20(2,3)4)13-9-8-12-17(21)18(22)23;1-12(13-7-3-2-4-8-13)18-11-17(16(20)21)10-6-5-9-14(17)15(18)19/h5-11,15,17H,12-14H2,1-4H3;2-8,12,14H,9-11H2,1H3,(H,20,21)/t15-,17+,21-;12-,14+,17-/m11/s1. The molecule has 4 aliphatic rings.